The molecule has 0 radical (unpaired) electrons. The summed E-state index contributed by atoms with van der Waals surface area (Å²) in [4.78, 5) is 41.7. The van der Waals surface area contributed by atoms with Gasteiger partial charge in [0.1, 0.15) is 5.75 Å². The van der Waals surface area contributed by atoms with Gasteiger partial charge in [0.25, 0.3) is 5.91 Å². The number of benzene rings is 1. The van der Waals surface area contributed by atoms with Gasteiger partial charge >= 0.3 is 0 Å². The molecule has 1 saturated carbocycles. The van der Waals surface area contributed by atoms with Crippen molar-refractivity contribution in [3.8, 4) is 5.75 Å². The Balaban J connectivity index is 1.50. The summed E-state index contributed by atoms with van der Waals surface area (Å²) >= 11 is 0. The minimum absolute atomic E-state index is 0.0486. The number of aryl methyl sites for hydroxylation is 1. The molecule has 1 aromatic heterocycles. The Bertz CT molecular complexity index is 1180. The molecule has 0 saturated heterocycles. The van der Waals surface area contributed by atoms with Crippen molar-refractivity contribution in [3.05, 3.63) is 47.8 Å². The van der Waals surface area contributed by atoms with Gasteiger partial charge in [-0.15, -0.1) is 0 Å². The summed E-state index contributed by atoms with van der Waals surface area (Å²) in [6.07, 6.45) is 9.72. The molecule has 1 aliphatic carbocycles. The number of hydrogen-bond donors (Lipinski definition) is 3. The van der Waals surface area contributed by atoms with Crippen LogP contribution in [0.15, 0.2) is 36.7 Å². The highest BCUT2D eigenvalue weighted by atomic mass is 16.5. The Morgan fingerprint density at radius 1 is 1.12 bits per heavy atom. The van der Waals surface area contributed by atoms with Crippen molar-refractivity contribution >= 4 is 17.7 Å². The minimum Gasteiger partial charge on any atom is -0.484 e. The van der Waals surface area contributed by atoms with Gasteiger partial charge in [-0.2, -0.15) is 5.10 Å². The van der Waals surface area contributed by atoms with E-state index in [0.29, 0.717) is 44.6 Å². The summed E-state index contributed by atoms with van der Waals surface area (Å²) < 4.78 is 13.1. The number of nitrogens with zero attached hydrogens (tertiary/aromatic N) is 3. The third-order valence-electron chi connectivity index (χ3n) is 8.43. The summed E-state index contributed by atoms with van der Waals surface area (Å²) in [6.45, 7) is 6.18. The molecule has 1 unspecified atom stereocenters. The summed E-state index contributed by atoms with van der Waals surface area (Å²) in [5, 5.41) is 13.7. The van der Waals surface area contributed by atoms with Crippen molar-refractivity contribution in [3.63, 3.8) is 0 Å². The van der Waals surface area contributed by atoms with Gasteiger partial charge in [-0.3, -0.25) is 24.0 Å². The van der Waals surface area contributed by atoms with E-state index in [1.165, 1.54) is 0 Å². The van der Waals surface area contributed by atoms with Gasteiger partial charge in [0.2, 0.25) is 11.8 Å². The number of ether oxygens (including phenoxy) is 2. The molecular weight excluding hydrogens is 548 g/mol. The SMILES string of the molecule is CCn1cc(CN2CCCNC(=O)COc3ccc(cc3)CC(CCOC)(C(=O)NC3CCC3)CNC(=O)CCC2)cn1. The number of nitrogens with one attached hydrogen (secondary N) is 3. The smallest absolute Gasteiger partial charge is 0.257 e. The van der Waals surface area contributed by atoms with Crippen molar-refractivity contribution in [2.45, 2.75) is 77.4 Å². The predicted molar refractivity (Wildman–Crippen MR) is 163 cm³/mol. The van der Waals surface area contributed by atoms with Crippen molar-refractivity contribution in [1.29, 1.82) is 0 Å². The third kappa shape index (κ3) is 10.1. The lowest BCUT2D eigenvalue weighted by Crippen LogP contribution is -2.54. The lowest BCUT2D eigenvalue weighted by molar-refractivity contribution is -0.134. The zero-order chi connectivity index (χ0) is 30.5. The first-order valence-corrected chi connectivity index (χ1v) is 15.7. The van der Waals surface area contributed by atoms with E-state index in [9.17, 15) is 14.4 Å². The first-order valence-electron chi connectivity index (χ1n) is 15.7. The number of rotatable bonds is 8. The number of carbonyl (C=O) groups excluding carboxylic acids is 3. The van der Waals surface area contributed by atoms with Crippen LogP contribution >= 0.6 is 0 Å². The third-order valence-corrected chi connectivity index (χ3v) is 8.43. The molecule has 1 fully saturated rings. The molecule has 43 heavy (non-hydrogen) atoms. The largest absolute Gasteiger partial charge is 0.484 e. The Morgan fingerprint density at radius 3 is 2.60 bits per heavy atom. The van der Waals surface area contributed by atoms with Crippen LogP contribution in [-0.4, -0.2) is 84.9 Å². The highest BCUT2D eigenvalue weighted by Crippen LogP contribution is 2.30. The van der Waals surface area contributed by atoms with Crippen LogP contribution in [-0.2, 0) is 38.6 Å². The predicted octanol–water partition coefficient (Wildman–Crippen LogP) is 2.43. The molecule has 11 nitrogen and oxygen atoms in total. The molecule has 5 rings (SSSR count). The monoisotopic (exact) mass is 596 g/mol. The van der Waals surface area contributed by atoms with E-state index in [2.05, 4.69) is 32.9 Å². The summed E-state index contributed by atoms with van der Waals surface area (Å²) in [5.41, 5.74) is 1.20. The van der Waals surface area contributed by atoms with Crippen molar-refractivity contribution in [1.82, 2.24) is 30.6 Å². The highest BCUT2D eigenvalue weighted by molar-refractivity contribution is 5.85. The summed E-state index contributed by atoms with van der Waals surface area (Å²) in [7, 11) is 1.63. The van der Waals surface area contributed by atoms with Crippen LogP contribution in [0, 0.1) is 5.41 Å². The number of hydrogen-bond acceptors (Lipinski definition) is 7. The second-order valence-electron chi connectivity index (χ2n) is 11.8. The van der Waals surface area contributed by atoms with E-state index in [-0.39, 0.29) is 36.9 Å². The molecule has 0 spiro atoms. The topological polar surface area (TPSA) is 127 Å². The van der Waals surface area contributed by atoms with Gasteiger partial charge in [-0.1, -0.05) is 12.1 Å². The molecule has 2 bridgehead atoms. The molecule has 236 valence electrons. The van der Waals surface area contributed by atoms with Crippen LogP contribution in [0.3, 0.4) is 0 Å². The number of carbonyl (C=O) groups is 3. The van der Waals surface area contributed by atoms with Gasteiger partial charge in [-0.05, 0) is 76.1 Å². The molecular formula is C32H48N6O5. The van der Waals surface area contributed by atoms with E-state index in [1.807, 2.05) is 41.3 Å². The summed E-state index contributed by atoms with van der Waals surface area (Å²) in [6, 6.07) is 7.67. The fourth-order valence-electron chi connectivity index (χ4n) is 5.54. The van der Waals surface area contributed by atoms with E-state index in [4.69, 9.17) is 9.47 Å². The molecule has 2 aliphatic heterocycles. The molecule has 11 heteroatoms. The van der Waals surface area contributed by atoms with Crippen LogP contribution in [0.2, 0.25) is 0 Å². The first kappa shape index (κ1) is 32.5. The number of fused-ring (bicyclic) bond motifs is 17. The maximum absolute atomic E-state index is 13.8. The Morgan fingerprint density at radius 2 is 1.91 bits per heavy atom. The summed E-state index contributed by atoms with van der Waals surface area (Å²) in [5.74, 6) is 0.300. The zero-order valence-electron chi connectivity index (χ0n) is 25.7. The van der Waals surface area contributed by atoms with Crippen LogP contribution in [0.1, 0.15) is 63.0 Å². The van der Waals surface area contributed by atoms with Crippen LogP contribution in [0.25, 0.3) is 0 Å². The molecule has 3 amide bonds. The van der Waals surface area contributed by atoms with Gasteiger partial charge < -0.3 is 25.4 Å². The van der Waals surface area contributed by atoms with Crippen LogP contribution < -0.4 is 20.7 Å². The molecule has 3 heterocycles. The number of amides is 3. The quantitative estimate of drug-likeness (QED) is 0.427. The van der Waals surface area contributed by atoms with Crippen LogP contribution in [0.5, 0.6) is 5.75 Å². The van der Waals surface area contributed by atoms with Crippen molar-refractivity contribution in [2.24, 2.45) is 5.41 Å². The zero-order valence-corrected chi connectivity index (χ0v) is 25.7. The molecule has 1 atom stereocenters. The lowest BCUT2D eigenvalue weighted by atomic mass is 9.76. The van der Waals surface area contributed by atoms with Gasteiger partial charge in [0.05, 0.1) is 11.6 Å². The van der Waals surface area contributed by atoms with Gasteiger partial charge in [-0.25, -0.2) is 0 Å². The standard InChI is InChI=1S/C32H48N6O5/c1-3-38-22-26(20-35-38)21-37-16-5-9-29(39)34-24-32(14-18-42-2,31(41)36-27-7-4-8-27)19-25-10-12-28(13-11-25)43-23-30(40)33-15-6-17-37/h10-13,20,22,27H,3-9,14-19,21,23-24H2,1-2H3,(H,33,40)(H,34,39)(H,36,41). The average Bonchev–Trinajstić information content (AvgIpc) is 3.45. The van der Waals surface area contributed by atoms with Gasteiger partial charge in [0, 0.05) is 70.7 Å². The fraction of sp³-hybridized carbons (Fsp3) is 0.625. The molecule has 2 aromatic rings. The highest BCUT2D eigenvalue weighted by Gasteiger charge is 2.40. The minimum atomic E-state index is -0.865. The molecule has 3 N–H and O–H groups in total. The normalized spacial score (nSPS) is 21.7. The second-order valence-corrected chi connectivity index (χ2v) is 11.8. The first-order chi connectivity index (χ1) is 20.9. The molecule has 3 aliphatic rings. The van der Waals surface area contributed by atoms with E-state index in [1.54, 1.807) is 7.11 Å². The maximum atomic E-state index is 13.8. The van der Waals surface area contributed by atoms with E-state index < -0.39 is 5.41 Å². The van der Waals surface area contributed by atoms with Crippen molar-refractivity contribution < 1.29 is 23.9 Å². The van der Waals surface area contributed by atoms with Crippen LogP contribution in [0.4, 0.5) is 0 Å². The Kier molecular flexibility index (Phi) is 12.4. The second kappa shape index (κ2) is 16.4. The Labute approximate surface area is 255 Å². The van der Waals surface area contributed by atoms with E-state index >= 15 is 0 Å². The number of aromatic nitrogens is 2. The van der Waals surface area contributed by atoms with Gasteiger partial charge in [0.15, 0.2) is 6.61 Å². The maximum Gasteiger partial charge on any atom is 0.257 e. The Hall–Kier alpha value is -3.44. The fourth-order valence-corrected chi connectivity index (χ4v) is 5.54. The number of methoxy groups -OCH3 is 1. The van der Waals surface area contributed by atoms with Crippen molar-refractivity contribution in [2.75, 3.05) is 46.5 Å². The van der Waals surface area contributed by atoms with E-state index in [0.717, 1.165) is 63.0 Å². The average molecular weight is 597 g/mol. The molecule has 1 aromatic carbocycles. The lowest BCUT2D eigenvalue weighted by Gasteiger charge is -2.36.